The van der Waals surface area contributed by atoms with Gasteiger partial charge in [0.25, 0.3) is 11.8 Å². The van der Waals surface area contributed by atoms with Crippen LogP contribution in [0.4, 0.5) is 11.4 Å². The van der Waals surface area contributed by atoms with E-state index in [1.807, 2.05) is 57.2 Å². The van der Waals surface area contributed by atoms with Crippen LogP contribution in [0.2, 0.25) is 5.02 Å². The van der Waals surface area contributed by atoms with Crippen LogP contribution in [-0.2, 0) is 9.59 Å². The summed E-state index contributed by atoms with van der Waals surface area (Å²) in [6.07, 6.45) is 1.61. The molecule has 0 spiro atoms. The first-order chi connectivity index (χ1) is 20.7. The number of carbonyl (C=O) groups excluding carboxylic acids is 3. The molecule has 7 nitrogen and oxygen atoms in total. The van der Waals surface area contributed by atoms with Gasteiger partial charge in [-0.1, -0.05) is 48.0 Å². The van der Waals surface area contributed by atoms with Gasteiger partial charge in [-0.15, -0.1) is 11.8 Å². The Kier molecular flexibility index (Phi) is 11.0. The molecule has 0 fully saturated rings. The lowest BCUT2D eigenvalue weighted by Gasteiger charge is -2.14. The minimum Gasteiger partial charge on any atom is -0.494 e. The molecule has 3 amide bonds. The molecule has 0 heterocycles. The molecule has 4 aromatic carbocycles. The summed E-state index contributed by atoms with van der Waals surface area (Å²) in [6.45, 7) is 6.18. The number of ether oxygens (including phenoxy) is 1. The van der Waals surface area contributed by atoms with Gasteiger partial charge in [0, 0.05) is 26.9 Å². The van der Waals surface area contributed by atoms with E-state index in [9.17, 15) is 14.4 Å². The lowest BCUT2D eigenvalue weighted by Crippen LogP contribution is -2.30. The van der Waals surface area contributed by atoms with Crippen LogP contribution in [-0.4, -0.2) is 29.6 Å². The topological polar surface area (TPSA) is 96.5 Å². The van der Waals surface area contributed by atoms with Crippen molar-refractivity contribution in [2.75, 3.05) is 17.2 Å². The first kappa shape index (κ1) is 31.4. The second-order valence-electron chi connectivity index (χ2n) is 9.57. The van der Waals surface area contributed by atoms with E-state index < -0.39 is 11.8 Å². The van der Waals surface area contributed by atoms with Crippen LogP contribution in [0.5, 0.6) is 5.75 Å². The fourth-order valence-electron chi connectivity index (χ4n) is 3.97. The first-order valence-corrected chi connectivity index (χ1v) is 14.9. The molecule has 9 heteroatoms. The smallest absolute Gasteiger partial charge is 0.272 e. The Balaban J connectivity index is 1.44. The molecule has 0 aromatic heterocycles. The van der Waals surface area contributed by atoms with Crippen LogP contribution in [0.1, 0.15) is 35.3 Å². The average molecular weight is 614 g/mol. The van der Waals surface area contributed by atoms with Gasteiger partial charge in [0.2, 0.25) is 5.91 Å². The maximum atomic E-state index is 13.3. The van der Waals surface area contributed by atoms with Gasteiger partial charge in [0.1, 0.15) is 11.4 Å². The van der Waals surface area contributed by atoms with E-state index in [0.717, 1.165) is 10.5 Å². The van der Waals surface area contributed by atoms with Gasteiger partial charge in [-0.05, 0) is 98.6 Å². The molecule has 43 heavy (non-hydrogen) atoms. The highest BCUT2D eigenvalue weighted by atomic mass is 35.5. The quantitative estimate of drug-likeness (QED) is 0.120. The normalized spacial score (nSPS) is 11.8. The van der Waals surface area contributed by atoms with Crippen LogP contribution < -0.4 is 20.7 Å². The Morgan fingerprint density at radius 2 is 1.60 bits per heavy atom. The zero-order valence-corrected chi connectivity index (χ0v) is 25.6. The number of nitrogens with one attached hydrogen (secondary N) is 3. The number of hydrogen-bond donors (Lipinski definition) is 3. The summed E-state index contributed by atoms with van der Waals surface area (Å²) >= 11 is 7.47. The van der Waals surface area contributed by atoms with Crippen molar-refractivity contribution < 1.29 is 19.1 Å². The summed E-state index contributed by atoms with van der Waals surface area (Å²) in [6, 6.07) is 28.4. The molecule has 4 aromatic rings. The largest absolute Gasteiger partial charge is 0.494 e. The number of hydrogen-bond acceptors (Lipinski definition) is 5. The minimum atomic E-state index is -0.483. The van der Waals surface area contributed by atoms with Gasteiger partial charge in [-0.3, -0.25) is 14.4 Å². The molecule has 0 aliphatic carbocycles. The molecule has 0 aliphatic rings. The lowest BCUT2D eigenvalue weighted by atomic mass is 10.1. The highest BCUT2D eigenvalue weighted by molar-refractivity contribution is 8.00. The van der Waals surface area contributed by atoms with Gasteiger partial charge in [-0.2, -0.15) is 0 Å². The zero-order chi connectivity index (χ0) is 30.8. The summed E-state index contributed by atoms with van der Waals surface area (Å²) in [5.74, 6) is -0.322. The molecule has 0 saturated heterocycles. The summed E-state index contributed by atoms with van der Waals surface area (Å²) in [4.78, 5) is 39.9. The number of benzene rings is 4. The molecular weight excluding hydrogens is 582 g/mol. The molecular formula is C34H32ClN3O4S. The summed E-state index contributed by atoms with van der Waals surface area (Å²) in [5, 5.41) is 8.69. The molecule has 0 bridgehead atoms. The van der Waals surface area contributed by atoms with Gasteiger partial charge in [0.05, 0.1) is 11.9 Å². The van der Waals surface area contributed by atoms with Crippen molar-refractivity contribution in [1.82, 2.24) is 5.32 Å². The molecule has 0 saturated carbocycles. The molecule has 1 atom stereocenters. The van der Waals surface area contributed by atoms with Crippen molar-refractivity contribution in [2.45, 2.75) is 30.9 Å². The lowest BCUT2D eigenvalue weighted by molar-refractivity contribution is -0.115. The van der Waals surface area contributed by atoms with E-state index in [-0.39, 0.29) is 16.9 Å². The van der Waals surface area contributed by atoms with Crippen LogP contribution in [0.25, 0.3) is 6.08 Å². The Morgan fingerprint density at radius 1 is 0.907 bits per heavy atom. The van der Waals surface area contributed by atoms with Gasteiger partial charge in [-0.25, -0.2) is 0 Å². The monoisotopic (exact) mass is 613 g/mol. The molecule has 4 rings (SSSR count). The average Bonchev–Trinajstić information content (AvgIpc) is 3.01. The van der Waals surface area contributed by atoms with Crippen LogP contribution >= 0.6 is 23.4 Å². The SMILES string of the molecule is CCOc1ccc(/C=C(\NC(=O)c2ccccc2)C(=O)Nc2ccc(SC(C)C(=O)Nc3cc(Cl)ccc3C)cc2)cc1. The standard InChI is InChI=1S/C34H32ClN3O4S/c1-4-42-28-16-11-24(12-17-28)20-31(38-33(40)25-8-6-5-7-9-25)34(41)36-27-14-18-29(19-15-27)43-23(3)32(39)37-30-21-26(35)13-10-22(30)2/h5-21,23H,4H2,1-3H3,(H,36,41)(H,37,39)(H,38,40)/b31-20-. The summed E-state index contributed by atoms with van der Waals surface area (Å²) < 4.78 is 5.50. The third kappa shape index (κ3) is 9.23. The Labute approximate surface area is 260 Å². The van der Waals surface area contributed by atoms with E-state index in [1.165, 1.54) is 11.8 Å². The van der Waals surface area contributed by atoms with Crippen molar-refractivity contribution in [1.29, 1.82) is 0 Å². The van der Waals surface area contributed by atoms with Crippen molar-refractivity contribution in [3.8, 4) is 5.75 Å². The maximum absolute atomic E-state index is 13.3. The fraction of sp³-hybridized carbons (Fsp3) is 0.147. The van der Waals surface area contributed by atoms with Gasteiger partial charge in [0.15, 0.2) is 0 Å². The Hall–Kier alpha value is -4.53. The third-order valence-corrected chi connectivity index (χ3v) is 7.63. The second kappa shape index (κ2) is 15.1. The number of thioether (sulfide) groups is 1. The van der Waals surface area contributed by atoms with E-state index in [4.69, 9.17) is 16.3 Å². The van der Waals surface area contributed by atoms with Gasteiger partial charge < -0.3 is 20.7 Å². The Bertz CT molecular complexity index is 1610. The highest BCUT2D eigenvalue weighted by Gasteiger charge is 2.17. The van der Waals surface area contributed by atoms with Crippen LogP contribution in [0.15, 0.2) is 108 Å². The number of anilines is 2. The van der Waals surface area contributed by atoms with E-state index >= 15 is 0 Å². The number of halogens is 1. The van der Waals surface area contributed by atoms with E-state index in [0.29, 0.717) is 39.9 Å². The predicted octanol–water partition coefficient (Wildman–Crippen LogP) is 7.58. The number of amides is 3. The molecule has 1 unspecified atom stereocenters. The second-order valence-corrected chi connectivity index (χ2v) is 11.4. The van der Waals surface area contributed by atoms with Crippen molar-refractivity contribution in [2.24, 2.45) is 0 Å². The number of rotatable bonds is 11. The van der Waals surface area contributed by atoms with Crippen LogP contribution in [0, 0.1) is 6.92 Å². The predicted molar refractivity (Wildman–Crippen MR) is 175 cm³/mol. The van der Waals surface area contributed by atoms with E-state index in [1.54, 1.807) is 66.7 Å². The minimum absolute atomic E-state index is 0.0815. The highest BCUT2D eigenvalue weighted by Crippen LogP contribution is 2.27. The first-order valence-electron chi connectivity index (χ1n) is 13.7. The molecule has 220 valence electrons. The number of aryl methyl sites for hydroxylation is 1. The molecule has 0 aliphatic heterocycles. The Morgan fingerprint density at radius 3 is 2.28 bits per heavy atom. The van der Waals surface area contributed by atoms with Crippen LogP contribution in [0.3, 0.4) is 0 Å². The van der Waals surface area contributed by atoms with Crippen molar-refractivity contribution in [3.63, 3.8) is 0 Å². The summed E-state index contributed by atoms with van der Waals surface area (Å²) in [7, 11) is 0. The zero-order valence-electron chi connectivity index (χ0n) is 24.0. The van der Waals surface area contributed by atoms with Crippen molar-refractivity contribution >= 4 is 58.5 Å². The molecule has 3 N–H and O–H groups in total. The summed E-state index contributed by atoms with van der Waals surface area (Å²) in [5.41, 5.74) is 3.36. The van der Waals surface area contributed by atoms with Gasteiger partial charge >= 0.3 is 0 Å². The number of carbonyl (C=O) groups is 3. The fourth-order valence-corrected chi connectivity index (χ4v) is 5.01. The molecule has 0 radical (unpaired) electrons. The maximum Gasteiger partial charge on any atom is 0.272 e. The third-order valence-electron chi connectivity index (χ3n) is 6.28. The van der Waals surface area contributed by atoms with Crippen molar-refractivity contribution in [3.05, 3.63) is 124 Å². The van der Waals surface area contributed by atoms with E-state index in [2.05, 4.69) is 16.0 Å².